The highest BCUT2D eigenvalue weighted by Crippen LogP contribution is 2.29. The van der Waals surface area contributed by atoms with Gasteiger partial charge in [-0.25, -0.2) is 9.82 Å². The number of nitrogens with zero attached hydrogens (tertiary/aromatic N) is 1. The van der Waals surface area contributed by atoms with Crippen LogP contribution in [0.15, 0.2) is 70.2 Å². The van der Waals surface area contributed by atoms with Crippen molar-refractivity contribution in [1.82, 2.24) is 5.43 Å². The number of halogens is 2. The van der Waals surface area contributed by atoms with Crippen molar-refractivity contribution in [2.24, 2.45) is 5.10 Å². The van der Waals surface area contributed by atoms with E-state index in [2.05, 4.69) is 26.5 Å². The summed E-state index contributed by atoms with van der Waals surface area (Å²) in [4.78, 5) is 12.5. The van der Waals surface area contributed by atoms with E-state index in [0.717, 1.165) is 17.5 Å². The maximum absolute atomic E-state index is 13.3. The van der Waals surface area contributed by atoms with Crippen LogP contribution in [0.25, 0.3) is 0 Å². The maximum atomic E-state index is 13.3. The highest BCUT2D eigenvalue weighted by molar-refractivity contribution is 9.10. The van der Waals surface area contributed by atoms with Crippen LogP contribution in [0.4, 0.5) is 4.39 Å². The van der Waals surface area contributed by atoms with Crippen LogP contribution in [0.2, 0.25) is 0 Å². The number of hydrogen-bond acceptors (Lipinski definition) is 5. The first-order valence-electron chi connectivity index (χ1n) is 10.9. The van der Waals surface area contributed by atoms with E-state index in [0.29, 0.717) is 40.5 Å². The van der Waals surface area contributed by atoms with Crippen molar-refractivity contribution in [3.8, 4) is 17.2 Å². The molecule has 1 N–H and O–H groups in total. The van der Waals surface area contributed by atoms with Crippen LogP contribution in [0.5, 0.6) is 17.2 Å². The number of nitrogens with one attached hydrogen (secondary N) is 1. The molecule has 0 bridgehead atoms. The van der Waals surface area contributed by atoms with Crippen molar-refractivity contribution in [2.45, 2.75) is 26.9 Å². The van der Waals surface area contributed by atoms with E-state index >= 15 is 0 Å². The molecule has 0 aliphatic heterocycles. The van der Waals surface area contributed by atoms with E-state index in [9.17, 15) is 9.18 Å². The SMILES string of the molecule is CCCOc1ccc(C(=O)N/N=C/c2ccc(OCc3cccc(F)c3)c(Br)c2)cc1OCC. The van der Waals surface area contributed by atoms with E-state index in [1.54, 1.807) is 42.5 Å². The Kier molecular flexibility index (Phi) is 9.46. The van der Waals surface area contributed by atoms with Crippen LogP contribution in [0.1, 0.15) is 41.8 Å². The quantitative estimate of drug-likeness (QED) is 0.240. The minimum absolute atomic E-state index is 0.242. The van der Waals surface area contributed by atoms with Gasteiger partial charge in [0.25, 0.3) is 5.91 Å². The highest BCUT2D eigenvalue weighted by Gasteiger charge is 2.11. The van der Waals surface area contributed by atoms with Gasteiger partial charge in [-0.2, -0.15) is 5.10 Å². The molecule has 0 atom stereocenters. The third-order valence-electron chi connectivity index (χ3n) is 4.59. The molecule has 0 radical (unpaired) electrons. The van der Waals surface area contributed by atoms with Gasteiger partial charge in [0.1, 0.15) is 18.2 Å². The lowest BCUT2D eigenvalue weighted by Gasteiger charge is -2.12. The van der Waals surface area contributed by atoms with Gasteiger partial charge in [0, 0.05) is 5.56 Å². The van der Waals surface area contributed by atoms with Crippen LogP contribution in [0.3, 0.4) is 0 Å². The number of carbonyl (C=O) groups is 1. The molecule has 3 rings (SSSR count). The number of hydrazone groups is 1. The Morgan fingerprint density at radius 1 is 1.00 bits per heavy atom. The molecule has 0 aromatic heterocycles. The minimum Gasteiger partial charge on any atom is -0.490 e. The normalized spacial score (nSPS) is 10.8. The molecule has 1 amide bonds. The lowest BCUT2D eigenvalue weighted by atomic mass is 10.2. The van der Waals surface area contributed by atoms with Crippen molar-refractivity contribution in [1.29, 1.82) is 0 Å². The molecule has 0 aliphatic rings. The van der Waals surface area contributed by atoms with Crippen molar-refractivity contribution in [2.75, 3.05) is 13.2 Å². The zero-order valence-electron chi connectivity index (χ0n) is 19.0. The lowest BCUT2D eigenvalue weighted by molar-refractivity contribution is 0.0954. The Bertz CT molecular complexity index is 1150. The van der Waals surface area contributed by atoms with E-state index in [1.807, 2.05) is 19.9 Å². The molecule has 0 aliphatic carbocycles. The van der Waals surface area contributed by atoms with Crippen molar-refractivity contribution < 1.29 is 23.4 Å². The molecule has 0 spiro atoms. The third kappa shape index (κ3) is 7.31. The first-order valence-corrected chi connectivity index (χ1v) is 11.7. The summed E-state index contributed by atoms with van der Waals surface area (Å²) in [5.41, 5.74) is 4.41. The Morgan fingerprint density at radius 2 is 1.82 bits per heavy atom. The Morgan fingerprint density at radius 3 is 2.56 bits per heavy atom. The molecule has 178 valence electrons. The number of ether oxygens (including phenoxy) is 3. The average Bonchev–Trinajstić information content (AvgIpc) is 2.83. The van der Waals surface area contributed by atoms with E-state index in [-0.39, 0.29) is 18.3 Å². The topological polar surface area (TPSA) is 69.2 Å². The van der Waals surface area contributed by atoms with E-state index < -0.39 is 0 Å². The number of carbonyl (C=O) groups excluding carboxylic acids is 1. The average molecular weight is 529 g/mol. The molecule has 0 saturated carbocycles. The van der Waals surface area contributed by atoms with Crippen molar-refractivity contribution in [3.05, 3.63) is 87.6 Å². The number of rotatable bonds is 11. The monoisotopic (exact) mass is 528 g/mol. The smallest absolute Gasteiger partial charge is 0.271 e. The summed E-state index contributed by atoms with van der Waals surface area (Å²) in [6.45, 7) is 5.16. The van der Waals surface area contributed by atoms with Gasteiger partial charge in [-0.15, -0.1) is 0 Å². The van der Waals surface area contributed by atoms with Crippen molar-refractivity contribution in [3.63, 3.8) is 0 Å². The molecular formula is C26H26BrFN2O4. The second-order valence-corrected chi connectivity index (χ2v) is 8.10. The largest absolute Gasteiger partial charge is 0.490 e. The zero-order chi connectivity index (χ0) is 24.3. The van der Waals surface area contributed by atoms with Gasteiger partial charge in [-0.1, -0.05) is 19.1 Å². The molecule has 0 unspecified atom stereocenters. The second-order valence-electron chi connectivity index (χ2n) is 7.25. The fourth-order valence-electron chi connectivity index (χ4n) is 2.98. The van der Waals surface area contributed by atoms with Crippen LogP contribution < -0.4 is 19.6 Å². The molecule has 3 aromatic rings. The van der Waals surface area contributed by atoms with E-state index in [4.69, 9.17) is 14.2 Å². The standard InChI is InChI=1S/C26H26BrFN2O4/c1-3-12-33-24-11-9-20(15-25(24)32-4-2)26(31)30-29-16-18-8-10-23(22(27)14-18)34-17-19-6-5-7-21(28)13-19/h5-11,13-16H,3-4,12,17H2,1-2H3,(H,30,31)/b29-16+. The number of amides is 1. The Labute approximate surface area is 206 Å². The number of benzene rings is 3. The summed E-state index contributed by atoms with van der Waals surface area (Å²) in [5, 5.41) is 4.04. The molecule has 3 aromatic carbocycles. The molecule has 8 heteroatoms. The van der Waals surface area contributed by atoms with Gasteiger partial charge >= 0.3 is 0 Å². The van der Waals surface area contributed by atoms with Crippen molar-refractivity contribution >= 4 is 28.1 Å². The predicted molar refractivity (Wildman–Crippen MR) is 133 cm³/mol. The Hall–Kier alpha value is -3.39. The summed E-state index contributed by atoms with van der Waals surface area (Å²) in [7, 11) is 0. The first kappa shape index (κ1) is 25.2. The molecular weight excluding hydrogens is 503 g/mol. The summed E-state index contributed by atoms with van der Waals surface area (Å²) in [5.74, 6) is 1.06. The summed E-state index contributed by atoms with van der Waals surface area (Å²) < 4.78 is 31.0. The predicted octanol–water partition coefficient (Wildman–Crippen LogP) is 6.12. The maximum Gasteiger partial charge on any atom is 0.271 e. The van der Waals surface area contributed by atoms with E-state index in [1.165, 1.54) is 18.3 Å². The van der Waals surface area contributed by atoms with Crippen LogP contribution in [-0.4, -0.2) is 25.3 Å². The number of hydrogen-bond donors (Lipinski definition) is 1. The zero-order valence-corrected chi connectivity index (χ0v) is 20.6. The second kappa shape index (κ2) is 12.7. The molecule has 6 nitrogen and oxygen atoms in total. The minimum atomic E-state index is -0.367. The van der Waals surface area contributed by atoms with Gasteiger partial charge in [-0.3, -0.25) is 4.79 Å². The van der Waals surface area contributed by atoms with Gasteiger partial charge in [-0.05, 0) is 88.9 Å². The first-order chi connectivity index (χ1) is 16.5. The summed E-state index contributed by atoms with van der Waals surface area (Å²) >= 11 is 3.47. The molecule has 0 heterocycles. The third-order valence-corrected chi connectivity index (χ3v) is 5.21. The summed E-state index contributed by atoms with van der Waals surface area (Å²) in [6, 6.07) is 16.7. The highest BCUT2D eigenvalue weighted by atomic mass is 79.9. The summed E-state index contributed by atoms with van der Waals surface area (Å²) in [6.07, 6.45) is 2.40. The van der Waals surface area contributed by atoms with Gasteiger partial charge < -0.3 is 14.2 Å². The fraction of sp³-hybridized carbons (Fsp3) is 0.231. The fourth-order valence-corrected chi connectivity index (χ4v) is 3.49. The van der Waals surface area contributed by atoms with Gasteiger partial charge in [0.15, 0.2) is 11.5 Å². The van der Waals surface area contributed by atoms with Gasteiger partial charge in [0.05, 0.1) is 23.9 Å². The van der Waals surface area contributed by atoms with Crippen LogP contribution in [-0.2, 0) is 6.61 Å². The van der Waals surface area contributed by atoms with Crippen LogP contribution >= 0.6 is 15.9 Å². The molecule has 34 heavy (non-hydrogen) atoms. The lowest BCUT2D eigenvalue weighted by Crippen LogP contribution is -2.17. The molecule has 0 saturated heterocycles. The van der Waals surface area contributed by atoms with Gasteiger partial charge in [0.2, 0.25) is 0 Å². The van der Waals surface area contributed by atoms with Crippen LogP contribution in [0, 0.1) is 5.82 Å². The molecule has 0 fully saturated rings. The Balaban J connectivity index is 1.59.